The first kappa shape index (κ1) is 8.34. The molecular formula is C9H14BN. The summed E-state index contributed by atoms with van der Waals surface area (Å²) in [5.41, 5.74) is 1.37. The molecule has 0 spiro atoms. The maximum absolute atomic E-state index is 2.20. The molecule has 0 N–H and O–H groups in total. The van der Waals surface area contributed by atoms with Crippen LogP contribution in [0.3, 0.4) is 0 Å². The van der Waals surface area contributed by atoms with Crippen molar-refractivity contribution in [3.8, 4) is 0 Å². The van der Waals surface area contributed by atoms with Gasteiger partial charge in [-0.2, -0.15) is 0 Å². The van der Waals surface area contributed by atoms with Crippen molar-refractivity contribution in [2.24, 2.45) is 0 Å². The van der Waals surface area contributed by atoms with Crippen molar-refractivity contribution in [1.29, 1.82) is 0 Å². The molecule has 58 valence electrons. The lowest BCUT2D eigenvalue weighted by atomic mass is 9.57. The summed E-state index contributed by atoms with van der Waals surface area (Å²) in [4.78, 5) is 2.20. The molecule has 0 aliphatic carbocycles. The van der Waals surface area contributed by atoms with Gasteiger partial charge in [-0.15, -0.1) is 0 Å². The third kappa shape index (κ3) is 2.09. The molecule has 0 amide bonds. The van der Waals surface area contributed by atoms with Gasteiger partial charge in [0.2, 0.25) is 0 Å². The Hall–Kier alpha value is -0.755. The second-order valence-corrected chi connectivity index (χ2v) is 3.05. The van der Waals surface area contributed by atoms with Gasteiger partial charge < -0.3 is 4.81 Å². The lowest BCUT2D eigenvalue weighted by Crippen LogP contribution is -2.40. The van der Waals surface area contributed by atoms with Crippen LogP contribution in [0.25, 0.3) is 0 Å². The smallest absolute Gasteiger partial charge is 0.253 e. The monoisotopic (exact) mass is 147 g/mol. The SMILES string of the molecule is CB(c1ccccc1)N(C)C. The van der Waals surface area contributed by atoms with Crippen LogP contribution in [0, 0.1) is 0 Å². The zero-order valence-electron chi connectivity index (χ0n) is 7.41. The van der Waals surface area contributed by atoms with E-state index in [-0.39, 0.29) is 0 Å². The van der Waals surface area contributed by atoms with Crippen LogP contribution in [-0.2, 0) is 0 Å². The average molecular weight is 147 g/mol. The molecule has 0 unspecified atom stereocenters. The van der Waals surface area contributed by atoms with Gasteiger partial charge in [0.05, 0.1) is 0 Å². The molecule has 1 nitrogen and oxygen atoms in total. The minimum Gasteiger partial charge on any atom is -0.344 e. The van der Waals surface area contributed by atoms with Crippen molar-refractivity contribution in [1.82, 2.24) is 4.81 Å². The standard InChI is InChI=1S/C9H14BN/c1-10(11(2)3)9-7-5-4-6-8-9/h4-8H,1-3H3. The van der Waals surface area contributed by atoms with E-state index in [2.05, 4.69) is 50.0 Å². The molecule has 1 aromatic rings. The second-order valence-electron chi connectivity index (χ2n) is 3.05. The van der Waals surface area contributed by atoms with Crippen LogP contribution < -0.4 is 5.46 Å². The van der Waals surface area contributed by atoms with Crippen LogP contribution in [-0.4, -0.2) is 25.8 Å². The van der Waals surface area contributed by atoms with Crippen LogP contribution in [0.4, 0.5) is 0 Å². The van der Waals surface area contributed by atoms with Gasteiger partial charge in [0, 0.05) is 0 Å². The molecule has 11 heavy (non-hydrogen) atoms. The third-order valence-corrected chi connectivity index (χ3v) is 2.06. The van der Waals surface area contributed by atoms with Gasteiger partial charge in [-0.25, -0.2) is 0 Å². The topological polar surface area (TPSA) is 3.24 Å². The molecule has 0 atom stereocenters. The molecule has 0 aliphatic heterocycles. The molecule has 0 fully saturated rings. The highest BCUT2D eigenvalue weighted by atomic mass is 15.0. The van der Waals surface area contributed by atoms with E-state index in [1.54, 1.807) is 0 Å². The van der Waals surface area contributed by atoms with E-state index >= 15 is 0 Å². The van der Waals surface area contributed by atoms with E-state index in [0.29, 0.717) is 6.85 Å². The van der Waals surface area contributed by atoms with E-state index in [1.807, 2.05) is 6.07 Å². The molecule has 2 heteroatoms. The molecule has 0 saturated heterocycles. The first-order chi connectivity index (χ1) is 5.22. The van der Waals surface area contributed by atoms with Gasteiger partial charge in [0.1, 0.15) is 0 Å². The Labute approximate surface area is 69.1 Å². The van der Waals surface area contributed by atoms with E-state index in [9.17, 15) is 0 Å². The van der Waals surface area contributed by atoms with Crippen LogP contribution in [0.5, 0.6) is 0 Å². The van der Waals surface area contributed by atoms with E-state index in [1.165, 1.54) is 5.46 Å². The molecule has 1 aromatic carbocycles. The molecule has 0 aliphatic rings. The highest BCUT2D eigenvalue weighted by Gasteiger charge is 2.10. The Kier molecular flexibility index (Phi) is 2.72. The minimum atomic E-state index is 0.510. The van der Waals surface area contributed by atoms with Gasteiger partial charge in [-0.1, -0.05) is 42.6 Å². The molecule has 0 heterocycles. The third-order valence-electron chi connectivity index (χ3n) is 2.06. The molecule has 0 radical (unpaired) electrons. The normalized spacial score (nSPS) is 10.2. The number of benzene rings is 1. The van der Waals surface area contributed by atoms with E-state index < -0.39 is 0 Å². The maximum atomic E-state index is 2.20. The van der Waals surface area contributed by atoms with Crippen molar-refractivity contribution in [2.75, 3.05) is 14.1 Å². The first-order valence-electron chi connectivity index (χ1n) is 3.93. The largest absolute Gasteiger partial charge is 0.344 e. The molecule has 0 bridgehead atoms. The summed E-state index contributed by atoms with van der Waals surface area (Å²) in [5, 5.41) is 0. The van der Waals surface area contributed by atoms with Crippen molar-refractivity contribution in [2.45, 2.75) is 6.82 Å². The highest BCUT2D eigenvalue weighted by molar-refractivity contribution is 6.69. The fourth-order valence-electron chi connectivity index (χ4n) is 1.03. The van der Waals surface area contributed by atoms with Gasteiger partial charge in [0.15, 0.2) is 0 Å². The van der Waals surface area contributed by atoms with Crippen molar-refractivity contribution in [3.05, 3.63) is 30.3 Å². The minimum absolute atomic E-state index is 0.510. The van der Waals surface area contributed by atoms with Crippen LogP contribution in [0.15, 0.2) is 30.3 Å². The lowest BCUT2D eigenvalue weighted by molar-refractivity contribution is 0.653. The molecule has 0 saturated carbocycles. The van der Waals surface area contributed by atoms with Gasteiger partial charge in [-0.3, -0.25) is 0 Å². The fourth-order valence-corrected chi connectivity index (χ4v) is 1.03. The Morgan fingerprint density at radius 1 is 1.09 bits per heavy atom. The quantitative estimate of drug-likeness (QED) is 0.565. The molecule has 0 aromatic heterocycles. The zero-order valence-corrected chi connectivity index (χ0v) is 7.41. The van der Waals surface area contributed by atoms with Crippen LogP contribution >= 0.6 is 0 Å². The van der Waals surface area contributed by atoms with Crippen LogP contribution in [0.2, 0.25) is 6.82 Å². The number of nitrogens with zero attached hydrogens (tertiary/aromatic N) is 1. The summed E-state index contributed by atoms with van der Waals surface area (Å²) in [5.74, 6) is 0. The summed E-state index contributed by atoms with van der Waals surface area (Å²) < 4.78 is 0. The first-order valence-corrected chi connectivity index (χ1v) is 3.93. The summed E-state index contributed by atoms with van der Waals surface area (Å²) in [6.07, 6.45) is 0. The van der Waals surface area contributed by atoms with Crippen molar-refractivity contribution in [3.63, 3.8) is 0 Å². The molecule has 1 rings (SSSR count). The lowest BCUT2D eigenvalue weighted by Gasteiger charge is -2.15. The van der Waals surface area contributed by atoms with Gasteiger partial charge in [-0.05, 0) is 14.1 Å². The van der Waals surface area contributed by atoms with E-state index in [0.717, 1.165) is 0 Å². The Morgan fingerprint density at radius 3 is 2.09 bits per heavy atom. The Morgan fingerprint density at radius 2 is 1.64 bits per heavy atom. The van der Waals surface area contributed by atoms with E-state index in [4.69, 9.17) is 0 Å². The number of hydrogen-bond donors (Lipinski definition) is 0. The predicted molar refractivity (Wildman–Crippen MR) is 51.4 cm³/mol. The summed E-state index contributed by atoms with van der Waals surface area (Å²) in [6.45, 7) is 2.71. The van der Waals surface area contributed by atoms with Crippen LogP contribution in [0.1, 0.15) is 0 Å². The van der Waals surface area contributed by atoms with Crippen molar-refractivity contribution < 1.29 is 0 Å². The molecular weight excluding hydrogens is 133 g/mol. The second kappa shape index (κ2) is 3.58. The average Bonchev–Trinajstić information content (AvgIpc) is 2.05. The van der Waals surface area contributed by atoms with Crippen molar-refractivity contribution >= 4 is 12.3 Å². The highest BCUT2D eigenvalue weighted by Crippen LogP contribution is 1.90. The number of hydrogen-bond acceptors (Lipinski definition) is 1. The maximum Gasteiger partial charge on any atom is 0.253 e. The fraction of sp³-hybridized carbons (Fsp3) is 0.333. The Balaban J connectivity index is 2.77. The van der Waals surface area contributed by atoms with Gasteiger partial charge >= 0.3 is 0 Å². The summed E-state index contributed by atoms with van der Waals surface area (Å²) >= 11 is 0. The van der Waals surface area contributed by atoms with Gasteiger partial charge in [0.25, 0.3) is 6.85 Å². The number of rotatable bonds is 2. The Bertz CT molecular complexity index is 208. The summed E-state index contributed by atoms with van der Waals surface area (Å²) in [7, 11) is 4.19. The zero-order chi connectivity index (χ0) is 8.27. The summed E-state index contributed by atoms with van der Waals surface area (Å²) in [6, 6.07) is 10.5. The predicted octanol–water partition coefficient (Wildman–Crippen LogP) is 1.08.